The molecule has 1 aromatic rings. The Bertz CT molecular complexity index is 656. The number of nitrogens with one attached hydrogen (secondary N) is 1. The van der Waals surface area contributed by atoms with Gasteiger partial charge in [0.15, 0.2) is 0 Å². The number of nitrogens with zero attached hydrogens (tertiary/aromatic N) is 2. The minimum absolute atomic E-state index is 0.181. The van der Waals surface area contributed by atoms with Gasteiger partial charge in [0.25, 0.3) is 11.8 Å². The lowest BCUT2D eigenvalue weighted by molar-refractivity contribution is -0.132. The predicted molar refractivity (Wildman–Crippen MR) is 80.6 cm³/mol. The summed E-state index contributed by atoms with van der Waals surface area (Å²) in [5.41, 5.74) is 1.70. The average molecular weight is 301 g/mol. The van der Waals surface area contributed by atoms with Gasteiger partial charge in [-0.3, -0.25) is 19.3 Å². The molecule has 0 radical (unpaired) electrons. The molecule has 6 heteroatoms. The molecule has 1 unspecified atom stereocenters. The molecule has 1 aromatic carbocycles. The molecular weight excluding hydrogens is 282 g/mol. The minimum atomic E-state index is -0.378. The first-order valence-electron chi connectivity index (χ1n) is 7.45. The van der Waals surface area contributed by atoms with Crippen LogP contribution in [0.3, 0.4) is 0 Å². The molecular formula is C16H19N3O3. The fourth-order valence-corrected chi connectivity index (χ4v) is 2.94. The van der Waals surface area contributed by atoms with Crippen molar-refractivity contribution < 1.29 is 14.4 Å². The fourth-order valence-electron chi connectivity index (χ4n) is 2.94. The summed E-state index contributed by atoms with van der Waals surface area (Å²) in [6.45, 7) is 5.62. The predicted octanol–water partition coefficient (Wildman–Crippen LogP) is 0.411. The third kappa shape index (κ3) is 2.50. The first kappa shape index (κ1) is 14.7. The topological polar surface area (TPSA) is 69.7 Å². The first-order valence-corrected chi connectivity index (χ1v) is 7.45. The third-order valence-electron chi connectivity index (χ3n) is 4.14. The van der Waals surface area contributed by atoms with Gasteiger partial charge in [-0.2, -0.15) is 0 Å². The van der Waals surface area contributed by atoms with E-state index in [0.29, 0.717) is 24.2 Å². The van der Waals surface area contributed by atoms with Crippen molar-refractivity contribution in [2.24, 2.45) is 0 Å². The molecule has 2 heterocycles. The van der Waals surface area contributed by atoms with Gasteiger partial charge in [-0.1, -0.05) is 11.6 Å². The quantitative estimate of drug-likeness (QED) is 0.803. The summed E-state index contributed by atoms with van der Waals surface area (Å²) in [6, 6.07) is 5.38. The van der Waals surface area contributed by atoms with Gasteiger partial charge in [-0.25, -0.2) is 0 Å². The Morgan fingerprint density at radius 3 is 2.73 bits per heavy atom. The molecule has 0 bridgehead atoms. The normalized spacial score (nSPS) is 21.3. The van der Waals surface area contributed by atoms with E-state index in [9.17, 15) is 14.4 Å². The molecule has 2 aliphatic heterocycles. The number of carbonyl (C=O) groups is 3. The molecule has 22 heavy (non-hydrogen) atoms. The van der Waals surface area contributed by atoms with Crippen LogP contribution in [0.1, 0.15) is 33.2 Å². The molecule has 1 N–H and O–H groups in total. The van der Waals surface area contributed by atoms with Crippen molar-refractivity contribution in [1.29, 1.82) is 0 Å². The largest absolute Gasteiger partial charge is 0.338 e. The van der Waals surface area contributed by atoms with E-state index in [1.165, 1.54) is 0 Å². The van der Waals surface area contributed by atoms with Crippen molar-refractivity contribution >= 4 is 17.7 Å². The molecule has 0 aromatic heterocycles. The molecule has 0 saturated carbocycles. The number of aryl methyl sites for hydroxylation is 1. The summed E-state index contributed by atoms with van der Waals surface area (Å²) in [4.78, 5) is 39.8. The SMILES string of the molecule is Cc1ccc2c(c1)C(=O)N(CC(=O)N1CCNC(C)C1)C2=O. The lowest BCUT2D eigenvalue weighted by Gasteiger charge is -2.32. The maximum atomic E-state index is 12.4. The Labute approximate surface area is 129 Å². The zero-order valence-electron chi connectivity index (χ0n) is 12.8. The number of rotatable bonds is 2. The van der Waals surface area contributed by atoms with E-state index in [0.717, 1.165) is 17.0 Å². The monoisotopic (exact) mass is 301 g/mol. The number of piperazine rings is 1. The lowest BCUT2D eigenvalue weighted by atomic mass is 10.1. The van der Waals surface area contributed by atoms with Gasteiger partial charge in [0.2, 0.25) is 5.91 Å². The van der Waals surface area contributed by atoms with Crippen molar-refractivity contribution in [2.75, 3.05) is 26.2 Å². The Morgan fingerprint density at radius 2 is 2.00 bits per heavy atom. The van der Waals surface area contributed by atoms with E-state index >= 15 is 0 Å². The molecule has 1 saturated heterocycles. The fraction of sp³-hybridized carbons (Fsp3) is 0.438. The van der Waals surface area contributed by atoms with Crippen molar-refractivity contribution in [2.45, 2.75) is 19.9 Å². The summed E-state index contributed by atoms with van der Waals surface area (Å²) < 4.78 is 0. The number of amides is 3. The molecule has 2 aliphatic rings. The molecule has 6 nitrogen and oxygen atoms in total. The van der Waals surface area contributed by atoms with Crippen LogP contribution in [0.15, 0.2) is 18.2 Å². The summed E-state index contributed by atoms with van der Waals surface area (Å²) >= 11 is 0. The highest BCUT2D eigenvalue weighted by atomic mass is 16.2. The molecule has 1 fully saturated rings. The van der Waals surface area contributed by atoms with Crippen LogP contribution in [-0.4, -0.2) is 59.7 Å². The minimum Gasteiger partial charge on any atom is -0.338 e. The second-order valence-corrected chi connectivity index (χ2v) is 5.94. The van der Waals surface area contributed by atoms with Crippen LogP contribution in [-0.2, 0) is 4.79 Å². The van der Waals surface area contributed by atoms with Gasteiger partial charge in [-0.15, -0.1) is 0 Å². The highest BCUT2D eigenvalue weighted by molar-refractivity contribution is 6.22. The first-order chi connectivity index (χ1) is 10.5. The van der Waals surface area contributed by atoms with E-state index in [-0.39, 0.29) is 30.3 Å². The van der Waals surface area contributed by atoms with Crippen LogP contribution in [0.2, 0.25) is 0 Å². The Morgan fingerprint density at radius 1 is 1.27 bits per heavy atom. The second-order valence-electron chi connectivity index (χ2n) is 5.94. The Kier molecular flexibility index (Phi) is 3.70. The van der Waals surface area contributed by atoms with Crippen LogP contribution in [0.25, 0.3) is 0 Å². The van der Waals surface area contributed by atoms with Crippen LogP contribution >= 0.6 is 0 Å². The van der Waals surface area contributed by atoms with Crippen molar-refractivity contribution in [3.63, 3.8) is 0 Å². The summed E-state index contributed by atoms with van der Waals surface area (Å²) in [5, 5.41) is 3.26. The maximum absolute atomic E-state index is 12.4. The van der Waals surface area contributed by atoms with Gasteiger partial charge in [0, 0.05) is 25.7 Å². The van der Waals surface area contributed by atoms with E-state index in [2.05, 4.69) is 5.32 Å². The van der Waals surface area contributed by atoms with Crippen LogP contribution < -0.4 is 5.32 Å². The van der Waals surface area contributed by atoms with Crippen molar-refractivity contribution in [1.82, 2.24) is 15.1 Å². The maximum Gasteiger partial charge on any atom is 0.262 e. The molecule has 1 atom stereocenters. The van der Waals surface area contributed by atoms with Gasteiger partial charge >= 0.3 is 0 Å². The summed E-state index contributed by atoms with van der Waals surface area (Å²) in [6.07, 6.45) is 0. The third-order valence-corrected chi connectivity index (χ3v) is 4.14. The molecule has 3 amide bonds. The highest BCUT2D eigenvalue weighted by Crippen LogP contribution is 2.23. The average Bonchev–Trinajstić information content (AvgIpc) is 2.72. The zero-order chi connectivity index (χ0) is 15.9. The number of fused-ring (bicyclic) bond motifs is 1. The van der Waals surface area contributed by atoms with E-state index in [1.54, 1.807) is 23.1 Å². The molecule has 3 rings (SSSR count). The second kappa shape index (κ2) is 5.53. The number of imide groups is 1. The van der Waals surface area contributed by atoms with Gasteiger partial charge in [0.05, 0.1) is 11.1 Å². The number of benzene rings is 1. The Balaban J connectivity index is 1.75. The molecule has 0 spiro atoms. The van der Waals surface area contributed by atoms with Crippen LogP contribution in [0, 0.1) is 6.92 Å². The zero-order valence-corrected chi connectivity index (χ0v) is 12.8. The van der Waals surface area contributed by atoms with Crippen molar-refractivity contribution in [3.05, 3.63) is 34.9 Å². The number of carbonyl (C=O) groups excluding carboxylic acids is 3. The molecule has 0 aliphatic carbocycles. The number of hydrogen-bond donors (Lipinski definition) is 1. The van der Waals surface area contributed by atoms with Gasteiger partial charge < -0.3 is 10.2 Å². The smallest absolute Gasteiger partial charge is 0.262 e. The number of hydrogen-bond acceptors (Lipinski definition) is 4. The summed E-state index contributed by atoms with van der Waals surface area (Å²) in [7, 11) is 0. The van der Waals surface area contributed by atoms with Gasteiger partial charge in [-0.05, 0) is 26.0 Å². The molecule has 116 valence electrons. The lowest BCUT2D eigenvalue weighted by Crippen LogP contribution is -2.53. The van der Waals surface area contributed by atoms with E-state index in [4.69, 9.17) is 0 Å². The summed E-state index contributed by atoms with van der Waals surface area (Å²) in [5.74, 6) is -0.934. The Hall–Kier alpha value is -2.21. The standard InChI is InChI=1S/C16H19N3O3/c1-10-3-4-12-13(7-10)16(22)19(15(12)21)9-14(20)18-6-5-17-11(2)8-18/h3-4,7,11,17H,5-6,8-9H2,1-2H3. The van der Waals surface area contributed by atoms with E-state index < -0.39 is 0 Å². The highest BCUT2D eigenvalue weighted by Gasteiger charge is 2.37. The van der Waals surface area contributed by atoms with Crippen LogP contribution in [0.5, 0.6) is 0 Å². The van der Waals surface area contributed by atoms with Crippen molar-refractivity contribution in [3.8, 4) is 0 Å². The van der Waals surface area contributed by atoms with E-state index in [1.807, 2.05) is 13.8 Å². The van der Waals surface area contributed by atoms with Crippen LogP contribution in [0.4, 0.5) is 0 Å². The van der Waals surface area contributed by atoms with Gasteiger partial charge in [0.1, 0.15) is 6.54 Å².